The highest BCUT2D eigenvalue weighted by atomic mass is 127. The molecule has 0 saturated carbocycles. The van der Waals surface area contributed by atoms with Gasteiger partial charge >= 0.3 is 5.97 Å². The fourth-order valence-electron chi connectivity index (χ4n) is 2.68. The number of halogens is 1. The van der Waals surface area contributed by atoms with Crippen LogP contribution in [0.1, 0.15) is 35.6 Å². The van der Waals surface area contributed by atoms with Gasteiger partial charge in [-0.1, -0.05) is 84.5 Å². The minimum atomic E-state index is -1.05. The zero-order valence-corrected chi connectivity index (χ0v) is 14.4. The van der Waals surface area contributed by atoms with E-state index in [9.17, 15) is 9.90 Å². The molecule has 0 radical (unpaired) electrons. The van der Waals surface area contributed by atoms with Gasteiger partial charge in [0.2, 0.25) is 0 Å². The number of carbonyl (C=O) groups is 1. The van der Waals surface area contributed by atoms with Crippen molar-refractivity contribution in [2.24, 2.45) is 0 Å². The van der Waals surface area contributed by atoms with Crippen molar-refractivity contribution in [2.75, 3.05) is 0 Å². The van der Waals surface area contributed by atoms with E-state index in [4.69, 9.17) is 0 Å². The van der Waals surface area contributed by atoms with Crippen LogP contribution in [0.5, 0.6) is 0 Å². The first-order valence-corrected chi connectivity index (χ1v) is 8.16. The lowest BCUT2D eigenvalue weighted by atomic mass is 9.85. The van der Waals surface area contributed by atoms with Gasteiger partial charge in [0, 0.05) is 0 Å². The first kappa shape index (κ1) is 16.0. The molecular weight excluding hydrogens is 375 g/mol. The number of aryl methyl sites for hydroxylation is 2. The molecule has 2 aromatic carbocycles. The highest BCUT2D eigenvalue weighted by Crippen LogP contribution is 2.42. The van der Waals surface area contributed by atoms with Crippen molar-refractivity contribution >= 4 is 28.6 Å². The number of aliphatic carboxylic acids is 1. The Balaban J connectivity index is 2.70. The van der Waals surface area contributed by atoms with Crippen molar-refractivity contribution in [3.63, 3.8) is 0 Å². The summed E-state index contributed by atoms with van der Waals surface area (Å²) in [6, 6.07) is 15.6. The average Bonchev–Trinajstić information content (AvgIpc) is 2.47. The summed E-state index contributed by atoms with van der Waals surface area (Å²) in [4.78, 5) is 12.1. The monoisotopic (exact) mass is 394 g/mol. The molecule has 0 aliphatic carbocycles. The average molecular weight is 394 g/mol. The Kier molecular flexibility index (Phi) is 5.04. The van der Waals surface area contributed by atoms with Crippen molar-refractivity contribution in [1.82, 2.24) is 0 Å². The number of rotatable bonds is 5. The summed E-state index contributed by atoms with van der Waals surface area (Å²) in [6.45, 7) is 4.08. The van der Waals surface area contributed by atoms with Gasteiger partial charge in [0.1, 0.15) is 0 Å². The van der Waals surface area contributed by atoms with E-state index in [1.165, 1.54) is 0 Å². The highest BCUT2D eigenvalue weighted by Gasteiger charge is 2.41. The van der Waals surface area contributed by atoms with E-state index < -0.39 is 9.39 Å². The molecule has 0 aliphatic heterocycles. The van der Waals surface area contributed by atoms with Crippen LogP contribution in [0, 0.1) is 6.92 Å². The van der Waals surface area contributed by atoms with Gasteiger partial charge in [-0.2, -0.15) is 0 Å². The molecule has 110 valence electrons. The van der Waals surface area contributed by atoms with Crippen LogP contribution in [0.2, 0.25) is 0 Å². The van der Waals surface area contributed by atoms with Gasteiger partial charge in [0.15, 0.2) is 3.42 Å². The highest BCUT2D eigenvalue weighted by molar-refractivity contribution is 14.1. The summed E-state index contributed by atoms with van der Waals surface area (Å²) >= 11 is 2.09. The van der Waals surface area contributed by atoms with Crippen LogP contribution in [0.15, 0.2) is 48.5 Å². The van der Waals surface area contributed by atoms with Crippen molar-refractivity contribution in [2.45, 2.75) is 30.1 Å². The number of hydrogen-bond acceptors (Lipinski definition) is 1. The molecule has 0 heterocycles. The number of carboxylic acids is 1. The quantitative estimate of drug-likeness (QED) is 0.589. The van der Waals surface area contributed by atoms with Crippen LogP contribution >= 0.6 is 22.6 Å². The standard InChI is InChI=1S/C18H19IO2/c1-3-8-14-10-5-7-12-16(14)18(19,17(20)21)15-11-6-4-9-13(15)2/h4-7,9-12H,3,8H2,1-2H3,(H,20,21). The van der Waals surface area contributed by atoms with Crippen molar-refractivity contribution in [3.8, 4) is 0 Å². The third-order valence-electron chi connectivity index (χ3n) is 3.72. The molecule has 0 spiro atoms. The molecule has 2 aromatic rings. The predicted molar refractivity (Wildman–Crippen MR) is 94.1 cm³/mol. The molecule has 2 rings (SSSR count). The molecule has 0 amide bonds. The lowest BCUT2D eigenvalue weighted by Gasteiger charge is -2.28. The topological polar surface area (TPSA) is 37.3 Å². The summed E-state index contributed by atoms with van der Waals surface area (Å²) < 4.78 is -1.05. The summed E-state index contributed by atoms with van der Waals surface area (Å²) in [7, 11) is 0. The van der Waals surface area contributed by atoms with Gasteiger partial charge < -0.3 is 5.11 Å². The smallest absolute Gasteiger partial charge is 0.328 e. The Hall–Kier alpha value is -1.36. The third kappa shape index (κ3) is 2.98. The first-order chi connectivity index (χ1) is 10.0. The van der Waals surface area contributed by atoms with E-state index in [0.29, 0.717) is 0 Å². The predicted octanol–water partition coefficient (Wildman–Crippen LogP) is 4.71. The van der Waals surface area contributed by atoms with Crippen LogP contribution in [0.25, 0.3) is 0 Å². The van der Waals surface area contributed by atoms with Gasteiger partial charge in [-0.05, 0) is 35.6 Å². The summed E-state index contributed by atoms with van der Waals surface area (Å²) in [5, 5.41) is 9.95. The molecule has 0 bridgehead atoms. The molecule has 1 unspecified atom stereocenters. The van der Waals surface area contributed by atoms with Gasteiger partial charge in [0.25, 0.3) is 0 Å². The maximum Gasteiger partial charge on any atom is 0.328 e. The second-order valence-electron chi connectivity index (χ2n) is 5.19. The zero-order valence-electron chi connectivity index (χ0n) is 12.3. The number of carboxylic acid groups (broad SMARTS) is 1. The van der Waals surface area contributed by atoms with E-state index in [0.717, 1.165) is 35.1 Å². The lowest BCUT2D eigenvalue weighted by Crippen LogP contribution is -2.32. The number of benzene rings is 2. The van der Waals surface area contributed by atoms with Crippen molar-refractivity contribution in [3.05, 3.63) is 70.8 Å². The SMILES string of the molecule is CCCc1ccccc1C(I)(C(=O)O)c1ccccc1C. The van der Waals surface area contributed by atoms with E-state index in [2.05, 4.69) is 29.5 Å². The van der Waals surface area contributed by atoms with Crippen molar-refractivity contribution < 1.29 is 9.90 Å². The van der Waals surface area contributed by atoms with Crippen molar-refractivity contribution in [1.29, 1.82) is 0 Å². The Morgan fingerprint density at radius 2 is 1.67 bits per heavy atom. The maximum atomic E-state index is 12.1. The van der Waals surface area contributed by atoms with Gasteiger partial charge in [-0.3, -0.25) is 4.79 Å². The first-order valence-electron chi connectivity index (χ1n) is 7.08. The van der Waals surface area contributed by atoms with Gasteiger partial charge in [0.05, 0.1) is 0 Å². The molecule has 2 nitrogen and oxygen atoms in total. The minimum Gasteiger partial charge on any atom is -0.480 e. The van der Waals surface area contributed by atoms with E-state index in [-0.39, 0.29) is 0 Å². The second-order valence-corrected chi connectivity index (χ2v) is 6.80. The van der Waals surface area contributed by atoms with Gasteiger partial charge in [-0.25, -0.2) is 0 Å². The van der Waals surface area contributed by atoms with Crippen LogP contribution in [-0.4, -0.2) is 11.1 Å². The Bertz CT molecular complexity index is 651. The molecule has 0 aliphatic rings. The molecule has 0 fully saturated rings. The van der Waals surface area contributed by atoms with E-state index in [1.807, 2.05) is 55.5 Å². The minimum absolute atomic E-state index is 0.819. The largest absolute Gasteiger partial charge is 0.480 e. The molecule has 1 N–H and O–H groups in total. The lowest BCUT2D eigenvalue weighted by molar-refractivity contribution is -0.138. The Morgan fingerprint density at radius 3 is 2.24 bits per heavy atom. The van der Waals surface area contributed by atoms with E-state index in [1.54, 1.807) is 0 Å². The number of hydrogen-bond donors (Lipinski definition) is 1. The Morgan fingerprint density at radius 1 is 1.10 bits per heavy atom. The molecule has 0 saturated heterocycles. The molecule has 1 atom stereocenters. The summed E-state index contributed by atoms with van der Waals surface area (Å²) in [6.07, 6.45) is 1.89. The molecular formula is C18H19IO2. The second kappa shape index (κ2) is 6.60. The van der Waals surface area contributed by atoms with Crippen LogP contribution in [0.3, 0.4) is 0 Å². The fourth-order valence-corrected chi connectivity index (χ4v) is 3.81. The normalized spacial score (nSPS) is 13.7. The Labute approximate surface area is 139 Å². The molecule has 21 heavy (non-hydrogen) atoms. The molecule has 0 aromatic heterocycles. The maximum absolute atomic E-state index is 12.1. The van der Waals surface area contributed by atoms with Crippen LogP contribution in [0.4, 0.5) is 0 Å². The zero-order chi connectivity index (χ0) is 15.5. The summed E-state index contributed by atoms with van der Waals surface area (Å²) in [5.74, 6) is -0.819. The molecule has 3 heteroatoms. The van der Waals surface area contributed by atoms with Gasteiger partial charge in [-0.15, -0.1) is 0 Å². The third-order valence-corrected chi connectivity index (χ3v) is 5.34. The van der Waals surface area contributed by atoms with Crippen LogP contribution < -0.4 is 0 Å². The van der Waals surface area contributed by atoms with Crippen LogP contribution in [-0.2, 0) is 14.6 Å². The fraction of sp³-hybridized carbons (Fsp3) is 0.278. The van der Waals surface area contributed by atoms with E-state index >= 15 is 0 Å². The number of alkyl halides is 1. The summed E-state index contributed by atoms with van der Waals surface area (Å²) in [5.41, 5.74) is 3.84.